The Balaban J connectivity index is 1.64. The van der Waals surface area contributed by atoms with Gasteiger partial charge in [-0.05, 0) is 43.2 Å². The second-order valence-corrected chi connectivity index (χ2v) is 6.68. The Morgan fingerprint density at radius 2 is 1.78 bits per heavy atom. The van der Waals surface area contributed by atoms with Crippen LogP contribution in [0.1, 0.15) is 34.5 Å². The van der Waals surface area contributed by atoms with E-state index in [4.69, 9.17) is 4.74 Å². The maximum atomic E-state index is 12.8. The molecule has 1 aliphatic rings. The predicted molar refractivity (Wildman–Crippen MR) is 105 cm³/mol. The summed E-state index contributed by atoms with van der Waals surface area (Å²) in [5.74, 6) is 0.883. The molecule has 5 heteroatoms. The van der Waals surface area contributed by atoms with E-state index in [1.807, 2.05) is 67.3 Å². The fourth-order valence-electron chi connectivity index (χ4n) is 3.45. The SMILES string of the molecule is CCOc1ccc(C(C#N)N2CCN(C(=O)c3ccccc3C)CC2)cc1. The highest BCUT2D eigenvalue weighted by atomic mass is 16.5. The summed E-state index contributed by atoms with van der Waals surface area (Å²) in [7, 11) is 0. The molecule has 1 fully saturated rings. The van der Waals surface area contributed by atoms with Gasteiger partial charge in [0.25, 0.3) is 5.91 Å². The molecular formula is C22H25N3O2. The van der Waals surface area contributed by atoms with E-state index in [9.17, 15) is 10.1 Å². The quantitative estimate of drug-likeness (QED) is 0.817. The fraction of sp³-hybridized carbons (Fsp3) is 0.364. The van der Waals surface area contributed by atoms with Crippen molar-refractivity contribution in [1.82, 2.24) is 9.80 Å². The Morgan fingerprint density at radius 3 is 2.37 bits per heavy atom. The monoisotopic (exact) mass is 363 g/mol. The van der Waals surface area contributed by atoms with E-state index < -0.39 is 0 Å². The lowest BCUT2D eigenvalue weighted by Gasteiger charge is -2.37. The average Bonchev–Trinajstić information content (AvgIpc) is 2.70. The zero-order valence-electron chi connectivity index (χ0n) is 15.9. The maximum absolute atomic E-state index is 12.8. The summed E-state index contributed by atoms with van der Waals surface area (Å²) >= 11 is 0. The van der Waals surface area contributed by atoms with E-state index in [-0.39, 0.29) is 11.9 Å². The minimum Gasteiger partial charge on any atom is -0.494 e. The van der Waals surface area contributed by atoms with Crippen molar-refractivity contribution in [2.45, 2.75) is 19.9 Å². The lowest BCUT2D eigenvalue weighted by molar-refractivity contribution is 0.0605. The van der Waals surface area contributed by atoms with Crippen molar-refractivity contribution in [3.05, 3.63) is 65.2 Å². The van der Waals surface area contributed by atoms with Gasteiger partial charge in [0.15, 0.2) is 0 Å². The molecule has 140 valence electrons. The van der Waals surface area contributed by atoms with E-state index in [1.165, 1.54) is 0 Å². The standard InChI is InChI=1S/C22H25N3O2/c1-3-27-19-10-8-18(9-11-19)21(16-23)24-12-14-25(15-13-24)22(26)20-7-5-4-6-17(20)2/h4-11,21H,3,12-15H2,1-2H3. The first-order valence-electron chi connectivity index (χ1n) is 9.35. The van der Waals surface area contributed by atoms with Crippen LogP contribution in [-0.4, -0.2) is 48.5 Å². The third kappa shape index (κ3) is 4.29. The number of nitrogens with zero attached hydrogens (tertiary/aromatic N) is 3. The smallest absolute Gasteiger partial charge is 0.254 e. The normalized spacial score (nSPS) is 15.8. The molecule has 0 bridgehead atoms. The van der Waals surface area contributed by atoms with Gasteiger partial charge in [-0.2, -0.15) is 5.26 Å². The Hall–Kier alpha value is -2.84. The molecule has 1 unspecified atom stereocenters. The second kappa shape index (κ2) is 8.70. The summed E-state index contributed by atoms with van der Waals surface area (Å²) in [5.41, 5.74) is 2.71. The van der Waals surface area contributed by atoms with Gasteiger partial charge in [-0.15, -0.1) is 0 Å². The van der Waals surface area contributed by atoms with Crippen LogP contribution in [0.25, 0.3) is 0 Å². The molecule has 0 aliphatic carbocycles. The Kier molecular flexibility index (Phi) is 6.10. The molecular weight excluding hydrogens is 338 g/mol. The van der Waals surface area contributed by atoms with Crippen LogP contribution >= 0.6 is 0 Å². The minimum absolute atomic E-state index is 0.0716. The van der Waals surface area contributed by atoms with Gasteiger partial charge in [0, 0.05) is 31.7 Å². The first-order valence-corrected chi connectivity index (χ1v) is 9.35. The molecule has 3 rings (SSSR count). The number of benzene rings is 2. The fourth-order valence-corrected chi connectivity index (χ4v) is 3.45. The summed E-state index contributed by atoms with van der Waals surface area (Å²) in [6.07, 6.45) is 0. The number of ether oxygens (including phenoxy) is 1. The number of aryl methyl sites for hydroxylation is 1. The van der Waals surface area contributed by atoms with Crippen LogP contribution in [0.5, 0.6) is 5.75 Å². The number of carbonyl (C=O) groups excluding carboxylic acids is 1. The van der Waals surface area contributed by atoms with Gasteiger partial charge >= 0.3 is 0 Å². The molecule has 5 nitrogen and oxygen atoms in total. The summed E-state index contributed by atoms with van der Waals surface area (Å²) in [6.45, 7) is 7.15. The van der Waals surface area contributed by atoms with Gasteiger partial charge in [-0.1, -0.05) is 30.3 Å². The molecule has 0 spiro atoms. The van der Waals surface area contributed by atoms with Crippen molar-refractivity contribution < 1.29 is 9.53 Å². The number of carbonyl (C=O) groups is 1. The van der Waals surface area contributed by atoms with Gasteiger partial charge in [0.05, 0.1) is 12.7 Å². The highest BCUT2D eigenvalue weighted by Crippen LogP contribution is 2.24. The minimum atomic E-state index is -0.309. The Morgan fingerprint density at radius 1 is 1.11 bits per heavy atom. The van der Waals surface area contributed by atoms with Crippen molar-refractivity contribution in [2.75, 3.05) is 32.8 Å². The summed E-state index contributed by atoms with van der Waals surface area (Å²) in [4.78, 5) is 16.8. The van der Waals surface area contributed by atoms with Crippen molar-refractivity contribution in [2.24, 2.45) is 0 Å². The maximum Gasteiger partial charge on any atom is 0.254 e. The van der Waals surface area contributed by atoms with Crippen LogP contribution in [0.3, 0.4) is 0 Å². The van der Waals surface area contributed by atoms with Gasteiger partial charge in [-0.25, -0.2) is 0 Å². The molecule has 1 heterocycles. The van der Waals surface area contributed by atoms with Crippen LogP contribution < -0.4 is 4.74 Å². The van der Waals surface area contributed by atoms with Crippen molar-refractivity contribution in [3.63, 3.8) is 0 Å². The van der Waals surface area contributed by atoms with Crippen molar-refractivity contribution in [3.8, 4) is 11.8 Å². The molecule has 0 saturated carbocycles. The highest BCUT2D eigenvalue weighted by Gasteiger charge is 2.27. The van der Waals surface area contributed by atoms with Gasteiger partial charge in [0.2, 0.25) is 0 Å². The van der Waals surface area contributed by atoms with Gasteiger partial charge in [0.1, 0.15) is 11.8 Å². The lowest BCUT2D eigenvalue weighted by atomic mass is 10.0. The molecule has 2 aromatic carbocycles. The van der Waals surface area contributed by atoms with E-state index in [0.29, 0.717) is 32.8 Å². The molecule has 2 aromatic rings. The van der Waals surface area contributed by atoms with Crippen LogP contribution in [-0.2, 0) is 0 Å². The number of rotatable bonds is 5. The molecule has 1 aliphatic heterocycles. The number of amides is 1. The largest absolute Gasteiger partial charge is 0.494 e. The summed E-state index contributed by atoms with van der Waals surface area (Å²) < 4.78 is 5.47. The number of nitriles is 1. The Labute approximate surface area is 160 Å². The molecule has 0 N–H and O–H groups in total. The van der Waals surface area contributed by atoms with Crippen LogP contribution in [0.15, 0.2) is 48.5 Å². The second-order valence-electron chi connectivity index (χ2n) is 6.68. The summed E-state index contributed by atoms with van der Waals surface area (Å²) in [5, 5.41) is 9.69. The number of hydrogen-bond donors (Lipinski definition) is 0. The van der Waals surface area contributed by atoms with E-state index in [1.54, 1.807) is 0 Å². The topological polar surface area (TPSA) is 56.6 Å². The summed E-state index contributed by atoms with van der Waals surface area (Å²) in [6, 6.07) is 17.5. The molecule has 0 aromatic heterocycles. The Bertz CT molecular complexity index is 818. The number of hydrogen-bond acceptors (Lipinski definition) is 4. The van der Waals surface area contributed by atoms with Crippen LogP contribution in [0.2, 0.25) is 0 Å². The average molecular weight is 363 g/mol. The molecule has 1 atom stereocenters. The highest BCUT2D eigenvalue weighted by molar-refractivity contribution is 5.95. The van der Waals surface area contributed by atoms with Crippen LogP contribution in [0.4, 0.5) is 0 Å². The third-order valence-corrected chi connectivity index (χ3v) is 4.97. The van der Waals surface area contributed by atoms with Crippen LogP contribution in [0, 0.1) is 18.3 Å². The first-order chi connectivity index (χ1) is 13.1. The zero-order valence-corrected chi connectivity index (χ0v) is 15.9. The van der Waals surface area contributed by atoms with Crippen molar-refractivity contribution >= 4 is 5.91 Å². The predicted octanol–water partition coefficient (Wildman–Crippen LogP) is 3.42. The van der Waals surface area contributed by atoms with Gasteiger partial charge in [-0.3, -0.25) is 9.69 Å². The molecule has 27 heavy (non-hydrogen) atoms. The molecule has 1 amide bonds. The van der Waals surface area contributed by atoms with E-state index >= 15 is 0 Å². The molecule has 0 radical (unpaired) electrons. The number of piperazine rings is 1. The molecule has 1 saturated heterocycles. The lowest BCUT2D eigenvalue weighted by Crippen LogP contribution is -2.49. The van der Waals surface area contributed by atoms with Gasteiger partial charge < -0.3 is 9.64 Å². The zero-order chi connectivity index (χ0) is 19.2. The van der Waals surface area contributed by atoms with Crippen molar-refractivity contribution in [1.29, 1.82) is 5.26 Å². The van der Waals surface area contributed by atoms with E-state index in [2.05, 4.69) is 11.0 Å². The van der Waals surface area contributed by atoms with E-state index in [0.717, 1.165) is 22.4 Å². The third-order valence-electron chi connectivity index (χ3n) is 4.97. The first kappa shape index (κ1) is 18.9.